The molecular weight excluding hydrogens is 757 g/mol. The molecule has 1 aliphatic heterocycles. The first kappa shape index (κ1) is 42.9. The highest BCUT2D eigenvalue weighted by molar-refractivity contribution is 6.09. The molecule has 0 saturated heterocycles. The molecule has 320 valence electrons. The SMILES string of the molecule is CC(C)(C)c1cc(N2CN(c3cccc(Oc4ccc5c6cc(C(C)(C)C)ccc6n(-c6cc(C(C)(C)C)ccn6)c5c4)c3)C=C2C(C)(C)c2ccccc2)cc(C(C)(C)C)c1. The van der Waals surface area contributed by atoms with E-state index in [9.17, 15) is 0 Å². The van der Waals surface area contributed by atoms with Crippen molar-refractivity contribution in [2.75, 3.05) is 16.5 Å². The number of ether oxygens (including phenoxy) is 1. The monoisotopic (exact) mass is 823 g/mol. The Labute approximate surface area is 371 Å². The summed E-state index contributed by atoms with van der Waals surface area (Å²) in [5, 5.41) is 2.39. The third kappa shape index (κ3) is 8.27. The van der Waals surface area contributed by atoms with Crippen LogP contribution in [0.1, 0.15) is 125 Å². The van der Waals surface area contributed by atoms with Crippen LogP contribution in [-0.2, 0) is 27.1 Å². The lowest BCUT2D eigenvalue weighted by Gasteiger charge is -2.36. The van der Waals surface area contributed by atoms with Crippen molar-refractivity contribution in [2.24, 2.45) is 0 Å². The van der Waals surface area contributed by atoms with Crippen LogP contribution in [0.25, 0.3) is 27.6 Å². The number of aromatic nitrogens is 2. The van der Waals surface area contributed by atoms with Gasteiger partial charge in [0.15, 0.2) is 0 Å². The quantitative estimate of drug-likeness (QED) is 0.160. The Kier molecular flexibility index (Phi) is 10.5. The van der Waals surface area contributed by atoms with E-state index < -0.39 is 0 Å². The summed E-state index contributed by atoms with van der Waals surface area (Å²) in [6, 6.07) is 44.4. The van der Waals surface area contributed by atoms with E-state index in [-0.39, 0.29) is 27.1 Å². The Morgan fingerprint density at radius 3 is 1.74 bits per heavy atom. The molecule has 62 heavy (non-hydrogen) atoms. The molecule has 0 saturated carbocycles. The Morgan fingerprint density at radius 1 is 0.468 bits per heavy atom. The van der Waals surface area contributed by atoms with Gasteiger partial charge in [0.25, 0.3) is 0 Å². The molecule has 8 rings (SSSR count). The van der Waals surface area contributed by atoms with E-state index in [2.05, 4.69) is 239 Å². The standard InChI is InChI=1S/C57H66N4O/c1-53(2,3)39-23-26-49-48(32-39)47-25-24-46(35-50(47)61(49)52-33-40(27-28-58-52)54(4,5)6)62-45-22-18-21-43(34-45)59-36-51(57(13,14)38-19-16-15-17-20-38)60(37-59)44-30-41(55(7,8)9)29-42(31-44)56(10,11)12/h15-36H,37H2,1-14H3. The molecule has 0 aliphatic carbocycles. The minimum Gasteiger partial charge on any atom is -0.457 e. The Hall–Kier alpha value is -5.81. The van der Waals surface area contributed by atoms with Crippen molar-refractivity contribution < 1.29 is 4.74 Å². The predicted molar refractivity (Wildman–Crippen MR) is 264 cm³/mol. The van der Waals surface area contributed by atoms with Crippen LogP contribution >= 0.6 is 0 Å². The zero-order valence-electron chi connectivity index (χ0n) is 39.6. The van der Waals surface area contributed by atoms with E-state index >= 15 is 0 Å². The minimum absolute atomic E-state index is 0.000361. The highest BCUT2D eigenvalue weighted by Gasteiger charge is 2.37. The van der Waals surface area contributed by atoms with Gasteiger partial charge in [-0.15, -0.1) is 0 Å². The molecule has 7 aromatic rings. The average molecular weight is 823 g/mol. The Balaban J connectivity index is 1.20. The van der Waals surface area contributed by atoms with Gasteiger partial charge < -0.3 is 14.5 Å². The summed E-state index contributed by atoms with van der Waals surface area (Å²) < 4.78 is 9.12. The smallest absolute Gasteiger partial charge is 0.137 e. The summed E-state index contributed by atoms with van der Waals surface area (Å²) in [6.45, 7) is 32.8. The van der Waals surface area contributed by atoms with Crippen molar-refractivity contribution >= 4 is 33.2 Å². The second-order valence-corrected chi connectivity index (χ2v) is 22.1. The minimum atomic E-state index is -0.271. The number of allylic oxidation sites excluding steroid dienone is 1. The molecule has 0 bridgehead atoms. The van der Waals surface area contributed by atoms with Crippen LogP contribution < -0.4 is 14.5 Å². The third-order valence-corrected chi connectivity index (χ3v) is 12.8. The van der Waals surface area contributed by atoms with Crippen LogP contribution in [0.4, 0.5) is 11.4 Å². The molecule has 2 aromatic heterocycles. The molecule has 0 unspecified atom stereocenters. The number of pyridine rings is 1. The second-order valence-electron chi connectivity index (χ2n) is 22.1. The lowest BCUT2D eigenvalue weighted by Crippen LogP contribution is -2.34. The fourth-order valence-corrected chi connectivity index (χ4v) is 8.64. The van der Waals surface area contributed by atoms with E-state index in [0.29, 0.717) is 6.67 Å². The van der Waals surface area contributed by atoms with E-state index in [0.717, 1.165) is 34.0 Å². The summed E-state index contributed by atoms with van der Waals surface area (Å²) in [7, 11) is 0. The van der Waals surface area contributed by atoms with E-state index in [1.807, 2.05) is 6.20 Å². The van der Waals surface area contributed by atoms with E-state index in [4.69, 9.17) is 9.72 Å². The molecule has 0 N–H and O–H groups in total. The third-order valence-electron chi connectivity index (χ3n) is 12.8. The Morgan fingerprint density at radius 2 is 1.10 bits per heavy atom. The van der Waals surface area contributed by atoms with Crippen LogP contribution in [0, 0.1) is 0 Å². The van der Waals surface area contributed by atoms with Gasteiger partial charge in [-0.1, -0.05) is 145 Å². The summed E-state index contributed by atoms with van der Waals surface area (Å²) in [5.74, 6) is 2.47. The number of nitrogens with zero attached hydrogens (tertiary/aromatic N) is 4. The van der Waals surface area contributed by atoms with E-state index in [1.165, 1.54) is 50.0 Å². The molecule has 5 heteroatoms. The van der Waals surface area contributed by atoms with Gasteiger partial charge >= 0.3 is 0 Å². The molecule has 5 aromatic carbocycles. The molecule has 0 radical (unpaired) electrons. The van der Waals surface area contributed by atoms with Crippen LogP contribution in [0.15, 0.2) is 139 Å². The number of hydrogen-bond acceptors (Lipinski definition) is 4. The van der Waals surface area contributed by atoms with Crippen molar-refractivity contribution in [3.8, 4) is 17.3 Å². The van der Waals surface area contributed by atoms with Crippen molar-refractivity contribution in [1.82, 2.24) is 9.55 Å². The van der Waals surface area contributed by atoms with Gasteiger partial charge in [-0.2, -0.15) is 0 Å². The van der Waals surface area contributed by atoms with Gasteiger partial charge in [0, 0.05) is 57.8 Å². The van der Waals surface area contributed by atoms with E-state index in [1.54, 1.807) is 0 Å². The summed E-state index contributed by atoms with van der Waals surface area (Å²) in [6.07, 6.45) is 4.29. The highest BCUT2D eigenvalue weighted by Crippen LogP contribution is 2.44. The van der Waals surface area contributed by atoms with Crippen molar-refractivity contribution in [3.05, 3.63) is 167 Å². The maximum Gasteiger partial charge on any atom is 0.137 e. The number of anilines is 2. The normalized spacial score (nSPS) is 14.3. The lowest BCUT2D eigenvalue weighted by molar-refractivity contribution is 0.483. The van der Waals surface area contributed by atoms with Crippen LogP contribution in [0.3, 0.4) is 0 Å². The number of benzene rings is 5. The zero-order valence-corrected chi connectivity index (χ0v) is 39.6. The summed E-state index contributed by atoms with van der Waals surface area (Å²) in [4.78, 5) is 9.84. The van der Waals surface area contributed by atoms with Crippen molar-refractivity contribution in [1.29, 1.82) is 0 Å². The number of fused-ring (bicyclic) bond motifs is 3. The summed E-state index contributed by atoms with van der Waals surface area (Å²) >= 11 is 0. The number of rotatable bonds is 7. The van der Waals surface area contributed by atoms with Crippen LogP contribution in [-0.4, -0.2) is 16.2 Å². The largest absolute Gasteiger partial charge is 0.457 e. The zero-order chi connectivity index (χ0) is 44.6. The van der Waals surface area contributed by atoms with Gasteiger partial charge in [-0.3, -0.25) is 4.57 Å². The predicted octanol–water partition coefficient (Wildman–Crippen LogP) is 15.3. The molecule has 0 fully saturated rings. The van der Waals surface area contributed by atoms with Gasteiger partial charge in [0.05, 0.1) is 17.7 Å². The topological polar surface area (TPSA) is 33.5 Å². The molecule has 0 atom stereocenters. The highest BCUT2D eigenvalue weighted by atomic mass is 16.5. The number of hydrogen-bond donors (Lipinski definition) is 0. The second kappa shape index (κ2) is 15.2. The fraction of sp³-hybridized carbons (Fsp3) is 0.351. The molecule has 0 spiro atoms. The molecule has 0 amide bonds. The van der Waals surface area contributed by atoms with Crippen LogP contribution in [0.2, 0.25) is 0 Å². The van der Waals surface area contributed by atoms with Gasteiger partial charge in [0.1, 0.15) is 17.3 Å². The Bertz CT molecular complexity index is 2780. The molecule has 5 nitrogen and oxygen atoms in total. The van der Waals surface area contributed by atoms with Gasteiger partial charge in [-0.25, -0.2) is 4.98 Å². The van der Waals surface area contributed by atoms with Crippen molar-refractivity contribution in [3.63, 3.8) is 0 Å². The maximum atomic E-state index is 6.82. The average Bonchev–Trinajstić information content (AvgIpc) is 3.80. The van der Waals surface area contributed by atoms with Gasteiger partial charge in [-0.05, 0) is 110 Å². The van der Waals surface area contributed by atoms with Gasteiger partial charge in [0.2, 0.25) is 0 Å². The first-order chi connectivity index (χ1) is 29.0. The van der Waals surface area contributed by atoms with Crippen LogP contribution in [0.5, 0.6) is 11.5 Å². The lowest BCUT2D eigenvalue weighted by atomic mass is 9.79. The fourth-order valence-electron chi connectivity index (χ4n) is 8.64. The molecular formula is C57H66N4O. The molecule has 1 aliphatic rings. The maximum absolute atomic E-state index is 6.82. The summed E-state index contributed by atoms with van der Waals surface area (Å²) in [5.41, 5.74) is 12.0. The first-order valence-electron chi connectivity index (χ1n) is 22.3. The molecule has 3 heterocycles. The first-order valence-corrected chi connectivity index (χ1v) is 22.3. The van der Waals surface area contributed by atoms with Crippen molar-refractivity contribution in [2.45, 2.75) is 124 Å².